The highest BCUT2D eigenvalue weighted by molar-refractivity contribution is 6.00. The molecule has 9 nitrogen and oxygen atoms in total. The second-order valence-electron chi connectivity index (χ2n) is 7.18. The molecule has 158 valence electrons. The van der Waals surface area contributed by atoms with Gasteiger partial charge in [0.05, 0.1) is 17.0 Å². The van der Waals surface area contributed by atoms with E-state index in [4.69, 9.17) is 0 Å². The molecule has 30 heavy (non-hydrogen) atoms. The first-order valence-corrected chi connectivity index (χ1v) is 9.80. The number of piperidine rings is 1. The standard InChI is InChI=1S/C21H25N5O4/c1-22-19-8-7-17(26(29)30)13-18(19)21(28)24-16-9-11-25(12-10-16)14-20(27)23-15-5-3-2-4-6-15/h2-8,13,16,22H,9-12,14H2,1H3,(H,23,27)(H,24,28). The molecule has 1 heterocycles. The zero-order valence-electron chi connectivity index (χ0n) is 16.8. The monoisotopic (exact) mass is 411 g/mol. The average Bonchev–Trinajstić information content (AvgIpc) is 2.75. The number of hydrogen-bond acceptors (Lipinski definition) is 6. The van der Waals surface area contributed by atoms with Gasteiger partial charge in [0.15, 0.2) is 0 Å². The summed E-state index contributed by atoms with van der Waals surface area (Å²) in [6, 6.07) is 13.4. The Morgan fingerprint density at radius 1 is 1.13 bits per heavy atom. The van der Waals surface area contributed by atoms with Gasteiger partial charge < -0.3 is 16.0 Å². The molecule has 0 aromatic heterocycles. The number of non-ortho nitro benzene ring substituents is 1. The van der Waals surface area contributed by atoms with E-state index in [1.54, 1.807) is 7.05 Å². The Labute approximate surface area is 174 Å². The molecule has 0 saturated carbocycles. The van der Waals surface area contributed by atoms with Crippen LogP contribution in [0.25, 0.3) is 0 Å². The van der Waals surface area contributed by atoms with Gasteiger partial charge in [0.25, 0.3) is 11.6 Å². The molecular formula is C21H25N5O4. The predicted octanol–water partition coefficient (Wildman–Crippen LogP) is 2.47. The van der Waals surface area contributed by atoms with Crippen molar-refractivity contribution in [1.82, 2.24) is 10.2 Å². The summed E-state index contributed by atoms with van der Waals surface area (Å²) in [5, 5.41) is 19.7. The van der Waals surface area contributed by atoms with E-state index in [0.29, 0.717) is 38.2 Å². The summed E-state index contributed by atoms with van der Waals surface area (Å²) in [4.78, 5) is 37.4. The summed E-state index contributed by atoms with van der Waals surface area (Å²) in [5.74, 6) is -0.415. The Morgan fingerprint density at radius 3 is 2.47 bits per heavy atom. The second-order valence-corrected chi connectivity index (χ2v) is 7.18. The van der Waals surface area contributed by atoms with Gasteiger partial charge in [-0.05, 0) is 31.0 Å². The van der Waals surface area contributed by atoms with E-state index in [2.05, 4.69) is 16.0 Å². The van der Waals surface area contributed by atoms with Crippen LogP contribution in [0.2, 0.25) is 0 Å². The fraction of sp³-hybridized carbons (Fsp3) is 0.333. The van der Waals surface area contributed by atoms with Crippen molar-refractivity contribution in [3.05, 3.63) is 64.2 Å². The molecule has 1 aliphatic heterocycles. The van der Waals surface area contributed by atoms with Gasteiger partial charge in [-0.3, -0.25) is 24.6 Å². The number of nitrogens with zero attached hydrogens (tertiary/aromatic N) is 2. The van der Waals surface area contributed by atoms with E-state index in [9.17, 15) is 19.7 Å². The SMILES string of the molecule is CNc1ccc([N+](=O)[O-])cc1C(=O)NC1CCN(CC(=O)Nc2ccccc2)CC1. The molecule has 1 saturated heterocycles. The minimum Gasteiger partial charge on any atom is -0.387 e. The van der Waals surface area contributed by atoms with E-state index in [-0.39, 0.29) is 29.1 Å². The van der Waals surface area contributed by atoms with Crippen LogP contribution in [-0.2, 0) is 4.79 Å². The summed E-state index contributed by atoms with van der Waals surface area (Å²) < 4.78 is 0. The third-order valence-corrected chi connectivity index (χ3v) is 5.08. The number of nitrogens with one attached hydrogen (secondary N) is 3. The van der Waals surface area contributed by atoms with Gasteiger partial charge in [0, 0.05) is 49.7 Å². The molecular weight excluding hydrogens is 386 g/mol. The number of para-hydroxylation sites is 1. The van der Waals surface area contributed by atoms with E-state index >= 15 is 0 Å². The topological polar surface area (TPSA) is 117 Å². The summed E-state index contributed by atoms with van der Waals surface area (Å²) in [7, 11) is 1.66. The molecule has 9 heteroatoms. The first kappa shape index (κ1) is 21.3. The first-order valence-electron chi connectivity index (χ1n) is 9.80. The molecule has 2 amide bonds. The number of anilines is 2. The summed E-state index contributed by atoms with van der Waals surface area (Å²) in [6.45, 7) is 1.66. The first-order chi connectivity index (χ1) is 14.5. The highest BCUT2D eigenvalue weighted by Gasteiger charge is 2.24. The van der Waals surface area contributed by atoms with Gasteiger partial charge >= 0.3 is 0 Å². The number of nitro groups is 1. The van der Waals surface area contributed by atoms with Gasteiger partial charge in [-0.15, -0.1) is 0 Å². The summed E-state index contributed by atoms with van der Waals surface area (Å²) in [5.41, 5.74) is 1.42. The third-order valence-electron chi connectivity index (χ3n) is 5.08. The van der Waals surface area contributed by atoms with Crippen LogP contribution in [-0.4, -0.2) is 54.4 Å². The van der Waals surface area contributed by atoms with Crippen molar-refractivity contribution in [3.8, 4) is 0 Å². The van der Waals surface area contributed by atoms with Crippen molar-refractivity contribution in [1.29, 1.82) is 0 Å². The lowest BCUT2D eigenvalue weighted by atomic mass is 10.0. The van der Waals surface area contributed by atoms with Gasteiger partial charge in [0.1, 0.15) is 0 Å². The number of carbonyl (C=O) groups excluding carboxylic acids is 2. The van der Waals surface area contributed by atoms with Crippen molar-refractivity contribution >= 4 is 28.9 Å². The lowest BCUT2D eigenvalue weighted by Gasteiger charge is -2.32. The molecule has 1 fully saturated rings. The molecule has 0 spiro atoms. The van der Waals surface area contributed by atoms with Gasteiger partial charge in [0.2, 0.25) is 5.91 Å². The van der Waals surface area contributed by atoms with Crippen LogP contribution in [0.5, 0.6) is 0 Å². The number of likely N-dealkylation sites (tertiary alicyclic amines) is 1. The van der Waals surface area contributed by atoms with Crippen LogP contribution < -0.4 is 16.0 Å². The van der Waals surface area contributed by atoms with Crippen LogP contribution in [0, 0.1) is 10.1 Å². The van der Waals surface area contributed by atoms with Gasteiger partial charge in [-0.25, -0.2) is 0 Å². The minimum atomic E-state index is -0.519. The second kappa shape index (κ2) is 9.84. The van der Waals surface area contributed by atoms with Gasteiger partial charge in [-0.1, -0.05) is 18.2 Å². The molecule has 3 rings (SSSR count). The van der Waals surface area contributed by atoms with Crippen molar-refractivity contribution in [2.75, 3.05) is 37.3 Å². The lowest BCUT2D eigenvalue weighted by molar-refractivity contribution is -0.384. The highest BCUT2D eigenvalue weighted by Crippen LogP contribution is 2.22. The zero-order valence-corrected chi connectivity index (χ0v) is 16.8. The number of benzene rings is 2. The Hall–Kier alpha value is -3.46. The van der Waals surface area contributed by atoms with E-state index in [1.165, 1.54) is 18.2 Å². The quantitative estimate of drug-likeness (QED) is 0.476. The van der Waals surface area contributed by atoms with Crippen LogP contribution in [0.15, 0.2) is 48.5 Å². The van der Waals surface area contributed by atoms with E-state index in [1.807, 2.05) is 35.2 Å². The Morgan fingerprint density at radius 2 is 1.83 bits per heavy atom. The van der Waals surface area contributed by atoms with E-state index in [0.717, 1.165) is 5.69 Å². The smallest absolute Gasteiger partial charge is 0.270 e. The molecule has 1 aliphatic rings. The maximum atomic E-state index is 12.7. The Balaban J connectivity index is 1.51. The summed E-state index contributed by atoms with van der Waals surface area (Å²) in [6.07, 6.45) is 1.41. The van der Waals surface area contributed by atoms with Crippen LogP contribution in [0.3, 0.4) is 0 Å². The van der Waals surface area contributed by atoms with E-state index < -0.39 is 4.92 Å². The Bertz CT molecular complexity index is 911. The van der Waals surface area contributed by atoms with Crippen LogP contribution in [0.1, 0.15) is 23.2 Å². The lowest BCUT2D eigenvalue weighted by Crippen LogP contribution is -2.46. The molecule has 0 unspecified atom stereocenters. The average molecular weight is 411 g/mol. The van der Waals surface area contributed by atoms with Crippen LogP contribution in [0.4, 0.5) is 17.1 Å². The van der Waals surface area contributed by atoms with Crippen molar-refractivity contribution in [2.24, 2.45) is 0 Å². The molecule has 2 aromatic carbocycles. The molecule has 0 bridgehead atoms. The fourth-order valence-corrected chi connectivity index (χ4v) is 3.48. The normalized spacial score (nSPS) is 14.7. The highest BCUT2D eigenvalue weighted by atomic mass is 16.6. The minimum absolute atomic E-state index is 0.0464. The number of nitro benzene ring substituents is 1. The van der Waals surface area contributed by atoms with Crippen molar-refractivity contribution < 1.29 is 14.5 Å². The third kappa shape index (κ3) is 5.54. The number of hydrogen-bond donors (Lipinski definition) is 3. The fourth-order valence-electron chi connectivity index (χ4n) is 3.48. The molecule has 0 atom stereocenters. The van der Waals surface area contributed by atoms with Crippen LogP contribution >= 0.6 is 0 Å². The molecule has 2 aromatic rings. The number of amides is 2. The number of carbonyl (C=O) groups is 2. The molecule has 0 aliphatic carbocycles. The maximum Gasteiger partial charge on any atom is 0.270 e. The zero-order chi connectivity index (χ0) is 21.5. The molecule has 3 N–H and O–H groups in total. The van der Waals surface area contributed by atoms with Gasteiger partial charge in [-0.2, -0.15) is 0 Å². The maximum absolute atomic E-state index is 12.7. The predicted molar refractivity (Wildman–Crippen MR) is 115 cm³/mol. The summed E-state index contributed by atoms with van der Waals surface area (Å²) >= 11 is 0. The van der Waals surface area contributed by atoms with Crippen molar-refractivity contribution in [3.63, 3.8) is 0 Å². The molecule has 0 radical (unpaired) electrons. The Kier molecular flexibility index (Phi) is 6.97. The largest absolute Gasteiger partial charge is 0.387 e. The van der Waals surface area contributed by atoms with Crippen molar-refractivity contribution in [2.45, 2.75) is 18.9 Å². The number of rotatable bonds is 7.